The van der Waals surface area contributed by atoms with Gasteiger partial charge < -0.3 is 4.57 Å². The third kappa shape index (κ3) is 4.24. The fourth-order valence-corrected chi connectivity index (χ4v) is 9.97. The van der Waals surface area contributed by atoms with Crippen LogP contribution in [0, 0.1) is 0 Å². The van der Waals surface area contributed by atoms with E-state index in [0.717, 1.165) is 39.3 Å². The highest BCUT2D eigenvalue weighted by Crippen LogP contribution is 2.63. The summed E-state index contributed by atoms with van der Waals surface area (Å²) in [5.41, 5.74) is 20.1. The van der Waals surface area contributed by atoms with E-state index >= 15 is 0 Å². The topological polar surface area (TPSA) is 17.8 Å². The fraction of sp³-hybridized carbons (Fsp3) is 0.0185. The molecule has 0 N–H and O–H groups in total. The Morgan fingerprint density at radius 2 is 0.839 bits per heavy atom. The first kappa shape index (κ1) is 31.1. The van der Waals surface area contributed by atoms with Crippen LogP contribution in [0.15, 0.2) is 206 Å². The first-order valence-corrected chi connectivity index (χ1v) is 19.4. The third-order valence-corrected chi connectivity index (χ3v) is 12.2. The van der Waals surface area contributed by atoms with Crippen molar-refractivity contribution in [2.45, 2.75) is 5.41 Å². The molecule has 56 heavy (non-hydrogen) atoms. The van der Waals surface area contributed by atoms with E-state index in [1.807, 2.05) is 0 Å². The maximum atomic E-state index is 5.50. The predicted octanol–water partition coefficient (Wildman–Crippen LogP) is 13.5. The van der Waals surface area contributed by atoms with Gasteiger partial charge in [0.25, 0.3) is 0 Å². The van der Waals surface area contributed by atoms with Gasteiger partial charge in [-0.3, -0.25) is 0 Å². The van der Waals surface area contributed by atoms with Crippen LogP contribution >= 0.6 is 0 Å². The molecular weight excluding hydrogens is 677 g/mol. The van der Waals surface area contributed by atoms with Gasteiger partial charge in [0.05, 0.1) is 27.8 Å². The highest BCUT2D eigenvalue weighted by molar-refractivity contribution is 6.09. The molecule has 2 heterocycles. The Kier molecular flexibility index (Phi) is 6.58. The molecule has 2 aromatic heterocycles. The summed E-state index contributed by atoms with van der Waals surface area (Å²) in [4.78, 5) is 5.50. The molecule has 0 aliphatic heterocycles. The molecule has 10 aromatic rings. The molecule has 8 aromatic carbocycles. The molecule has 0 saturated carbocycles. The van der Waals surface area contributed by atoms with Gasteiger partial charge >= 0.3 is 0 Å². The number of rotatable bonds is 4. The minimum atomic E-state index is -0.411. The number of benzene rings is 8. The van der Waals surface area contributed by atoms with Crippen LogP contribution in [0.4, 0.5) is 0 Å². The zero-order chi connectivity index (χ0) is 36.8. The number of hydrogen-bond acceptors (Lipinski definition) is 1. The zero-order valence-corrected chi connectivity index (χ0v) is 30.5. The summed E-state index contributed by atoms with van der Waals surface area (Å²) in [5.74, 6) is 0. The molecule has 2 heteroatoms. The molecule has 2 nitrogen and oxygen atoms in total. The summed E-state index contributed by atoms with van der Waals surface area (Å²) in [5, 5.41) is 2.52. The molecule has 12 rings (SSSR count). The second kappa shape index (κ2) is 11.9. The fourth-order valence-electron chi connectivity index (χ4n) is 9.97. The standard InChI is InChI=1S/C54H34N2/c1-2-16-35(17-3-1)49-33-37(36-18-14-19-38(32-36)56-51-30-12-7-22-41(51)42-23-8-13-31-52(42)56)34-50(55-49)44-25-15-29-48-53(44)43-24-6-11-28-47(43)54(48)45-26-9-4-20-39(45)40-21-5-10-27-46(40)54/h1-34H. The quantitative estimate of drug-likeness (QED) is 0.178. The summed E-state index contributed by atoms with van der Waals surface area (Å²) in [6.45, 7) is 0. The second-order valence-electron chi connectivity index (χ2n) is 15.0. The number of pyridine rings is 1. The van der Waals surface area contributed by atoms with Gasteiger partial charge in [-0.15, -0.1) is 0 Å². The number of fused-ring (bicyclic) bond motifs is 13. The van der Waals surface area contributed by atoms with Crippen molar-refractivity contribution >= 4 is 21.8 Å². The molecule has 0 saturated heterocycles. The van der Waals surface area contributed by atoms with Crippen LogP contribution < -0.4 is 0 Å². The smallest absolute Gasteiger partial charge is 0.0725 e. The summed E-state index contributed by atoms with van der Waals surface area (Å²) < 4.78 is 2.39. The van der Waals surface area contributed by atoms with Crippen molar-refractivity contribution in [1.29, 1.82) is 0 Å². The van der Waals surface area contributed by atoms with Gasteiger partial charge in [-0.25, -0.2) is 4.98 Å². The van der Waals surface area contributed by atoms with E-state index in [9.17, 15) is 0 Å². The molecule has 260 valence electrons. The largest absolute Gasteiger partial charge is 0.309 e. The Hall–Kier alpha value is -7.29. The van der Waals surface area contributed by atoms with Gasteiger partial charge in [0.15, 0.2) is 0 Å². The molecule has 0 atom stereocenters. The summed E-state index contributed by atoms with van der Waals surface area (Å²) in [6.07, 6.45) is 0. The lowest BCUT2D eigenvalue weighted by Gasteiger charge is -2.30. The first-order chi connectivity index (χ1) is 27.8. The highest BCUT2D eigenvalue weighted by Gasteiger charge is 2.52. The van der Waals surface area contributed by atoms with Crippen molar-refractivity contribution in [2.75, 3.05) is 0 Å². The monoisotopic (exact) mass is 710 g/mol. The highest BCUT2D eigenvalue weighted by atomic mass is 15.0. The normalized spacial score (nSPS) is 13.1. The van der Waals surface area contributed by atoms with Crippen molar-refractivity contribution in [3.8, 4) is 61.6 Å². The molecule has 0 amide bonds. The van der Waals surface area contributed by atoms with Crippen LogP contribution in [0.3, 0.4) is 0 Å². The predicted molar refractivity (Wildman–Crippen MR) is 231 cm³/mol. The van der Waals surface area contributed by atoms with E-state index in [-0.39, 0.29) is 0 Å². The molecule has 2 aliphatic carbocycles. The van der Waals surface area contributed by atoms with Crippen molar-refractivity contribution in [3.05, 3.63) is 229 Å². The lowest BCUT2D eigenvalue weighted by Crippen LogP contribution is -2.25. The number of nitrogens with zero attached hydrogens (tertiary/aromatic N) is 2. The van der Waals surface area contributed by atoms with Gasteiger partial charge in [0.2, 0.25) is 0 Å². The molecule has 0 bridgehead atoms. The van der Waals surface area contributed by atoms with E-state index in [1.165, 1.54) is 66.3 Å². The Morgan fingerprint density at radius 1 is 0.339 bits per heavy atom. The average molecular weight is 711 g/mol. The second-order valence-corrected chi connectivity index (χ2v) is 15.0. The van der Waals surface area contributed by atoms with Crippen LogP contribution in [-0.2, 0) is 5.41 Å². The van der Waals surface area contributed by atoms with Crippen molar-refractivity contribution < 1.29 is 0 Å². The average Bonchev–Trinajstić information content (AvgIpc) is 3.89. The van der Waals surface area contributed by atoms with Crippen LogP contribution in [0.5, 0.6) is 0 Å². The zero-order valence-electron chi connectivity index (χ0n) is 30.5. The maximum absolute atomic E-state index is 5.50. The molecule has 0 unspecified atom stereocenters. The van der Waals surface area contributed by atoms with Crippen molar-refractivity contribution in [1.82, 2.24) is 9.55 Å². The lowest BCUT2D eigenvalue weighted by molar-refractivity contribution is 0.794. The maximum Gasteiger partial charge on any atom is 0.0725 e. The van der Waals surface area contributed by atoms with Gasteiger partial charge in [-0.2, -0.15) is 0 Å². The Labute approximate surface area is 325 Å². The Morgan fingerprint density at radius 3 is 1.54 bits per heavy atom. The van der Waals surface area contributed by atoms with Crippen LogP contribution in [0.2, 0.25) is 0 Å². The van der Waals surface area contributed by atoms with E-state index < -0.39 is 5.41 Å². The minimum Gasteiger partial charge on any atom is -0.309 e. The molecule has 0 fully saturated rings. The first-order valence-electron chi connectivity index (χ1n) is 19.4. The Bertz CT molecular complexity index is 3100. The molecule has 0 radical (unpaired) electrons. The van der Waals surface area contributed by atoms with Crippen LogP contribution in [-0.4, -0.2) is 9.55 Å². The van der Waals surface area contributed by atoms with Crippen LogP contribution in [0.1, 0.15) is 22.3 Å². The summed E-state index contributed by atoms with van der Waals surface area (Å²) in [6, 6.07) is 75.4. The number of para-hydroxylation sites is 2. The van der Waals surface area contributed by atoms with Gasteiger partial charge in [0.1, 0.15) is 0 Å². The number of hydrogen-bond donors (Lipinski definition) is 0. The summed E-state index contributed by atoms with van der Waals surface area (Å²) >= 11 is 0. The van der Waals surface area contributed by atoms with E-state index in [2.05, 4.69) is 211 Å². The van der Waals surface area contributed by atoms with Crippen molar-refractivity contribution in [3.63, 3.8) is 0 Å². The molecule has 1 spiro atoms. The molecule has 2 aliphatic rings. The van der Waals surface area contributed by atoms with Crippen molar-refractivity contribution in [2.24, 2.45) is 0 Å². The molecular formula is C54H34N2. The lowest BCUT2D eigenvalue weighted by atomic mass is 9.70. The van der Waals surface area contributed by atoms with E-state index in [4.69, 9.17) is 4.98 Å². The Balaban J connectivity index is 1.10. The van der Waals surface area contributed by atoms with Gasteiger partial charge in [-0.1, -0.05) is 170 Å². The summed E-state index contributed by atoms with van der Waals surface area (Å²) in [7, 11) is 0. The van der Waals surface area contributed by atoms with E-state index in [1.54, 1.807) is 0 Å². The van der Waals surface area contributed by atoms with Crippen LogP contribution in [0.25, 0.3) is 83.4 Å². The third-order valence-electron chi connectivity index (χ3n) is 12.2. The van der Waals surface area contributed by atoms with E-state index in [0.29, 0.717) is 0 Å². The van der Waals surface area contributed by atoms with Gasteiger partial charge in [-0.05, 0) is 92.0 Å². The minimum absolute atomic E-state index is 0.411. The van der Waals surface area contributed by atoms with Gasteiger partial charge in [0, 0.05) is 27.6 Å². The SMILES string of the molecule is c1ccc(-c2cc(-c3cccc(-n4c5ccccc5c5ccccc54)c3)cc(-c3cccc4c3-c3ccccc3C43c4ccccc4-c4ccccc43)n2)cc1. The number of aromatic nitrogens is 2.